The first kappa shape index (κ1) is 24.1. The van der Waals surface area contributed by atoms with E-state index in [9.17, 15) is 22.4 Å². The summed E-state index contributed by atoms with van der Waals surface area (Å²) in [4.78, 5) is 31.0. The summed E-state index contributed by atoms with van der Waals surface area (Å²) in [7, 11) is 1.65. The summed E-state index contributed by atoms with van der Waals surface area (Å²) < 4.78 is 60.3. The average molecular weight is 510 g/mol. The number of halogens is 4. The number of carbonyl (C=O) groups is 1. The lowest BCUT2D eigenvalue weighted by Crippen LogP contribution is -2.29. The van der Waals surface area contributed by atoms with E-state index in [4.69, 9.17) is 4.74 Å². The fourth-order valence-corrected chi connectivity index (χ4v) is 3.94. The molecular formula is C25H18F4N6O2. The van der Waals surface area contributed by atoms with Crippen LogP contribution in [-0.2, 0) is 12.6 Å². The number of pyridine rings is 1. The van der Waals surface area contributed by atoms with Gasteiger partial charge in [-0.2, -0.15) is 18.2 Å². The number of fused-ring (bicyclic) bond motifs is 1. The van der Waals surface area contributed by atoms with Crippen LogP contribution >= 0.6 is 0 Å². The monoisotopic (exact) mass is 510 g/mol. The zero-order valence-electron chi connectivity index (χ0n) is 19.3. The molecule has 37 heavy (non-hydrogen) atoms. The first-order valence-electron chi connectivity index (χ1n) is 11.1. The van der Waals surface area contributed by atoms with E-state index in [1.807, 2.05) is 0 Å². The molecule has 1 amide bonds. The Labute approximate surface area is 208 Å². The molecule has 3 heterocycles. The van der Waals surface area contributed by atoms with Crippen molar-refractivity contribution < 1.29 is 27.1 Å². The minimum absolute atomic E-state index is 0.0936. The van der Waals surface area contributed by atoms with Gasteiger partial charge in [0.15, 0.2) is 5.82 Å². The molecule has 188 valence electrons. The molecule has 0 spiro atoms. The van der Waals surface area contributed by atoms with E-state index >= 15 is 0 Å². The van der Waals surface area contributed by atoms with Crippen molar-refractivity contribution in [3.63, 3.8) is 0 Å². The van der Waals surface area contributed by atoms with Crippen LogP contribution in [0, 0.1) is 5.82 Å². The van der Waals surface area contributed by atoms with Gasteiger partial charge in [0.25, 0.3) is 5.91 Å². The SMILES string of the molecule is CNc1ncnc(-c2cccnc2Oc2ccc(F)c(C(=O)N3CCc4ccc(C(F)(F)F)cc43)c2)n1. The van der Waals surface area contributed by atoms with Crippen LogP contribution in [0.15, 0.2) is 61.1 Å². The maximum atomic E-state index is 14.8. The predicted octanol–water partition coefficient (Wildman–Crippen LogP) is 5.13. The molecule has 1 aliphatic heterocycles. The second kappa shape index (κ2) is 9.45. The fourth-order valence-electron chi connectivity index (χ4n) is 3.94. The Balaban J connectivity index is 1.46. The van der Waals surface area contributed by atoms with Gasteiger partial charge >= 0.3 is 6.18 Å². The number of alkyl halides is 3. The third-order valence-corrected chi connectivity index (χ3v) is 5.74. The zero-order chi connectivity index (χ0) is 26.2. The number of hydrogen-bond acceptors (Lipinski definition) is 7. The fraction of sp³-hybridized carbons (Fsp3) is 0.160. The third-order valence-electron chi connectivity index (χ3n) is 5.74. The molecule has 2 aromatic carbocycles. The Hall–Kier alpha value is -4.61. The standard InChI is InChI=1S/C25H18F4N6O2/c1-30-24-33-13-32-21(34-24)17-3-2-9-31-22(17)37-16-6-7-19(26)18(12-16)23(36)35-10-8-14-4-5-15(11-20(14)35)25(27,28)29/h2-7,9,11-13H,8,10H2,1H3,(H,30,32,33,34). The quantitative estimate of drug-likeness (QED) is 0.372. The minimum atomic E-state index is -4.57. The summed E-state index contributed by atoms with van der Waals surface area (Å²) in [6.07, 6.45) is -1.42. The molecule has 0 atom stereocenters. The van der Waals surface area contributed by atoms with Gasteiger partial charge in [0.05, 0.1) is 16.7 Å². The number of ether oxygens (including phenoxy) is 1. The van der Waals surface area contributed by atoms with E-state index in [0.717, 1.165) is 23.1 Å². The predicted molar refractivity (Wildman–Crippen MR) is 126 cm³/mol. The van der Waals surface area contributed by atoms with Crippen molar-refractivity contribution in [3.05, 3.63) is 83.6 Å². The van der Waals surface area contributed by atoms with Crippen LogP contribution in [0.4, 0.5) is 29.2 Å². The van der Waals surface area contributed by atoms with Crippen LogP contribution in [0.2, 0.25) is 0 Å². The first-order chi connectivity index (χ1) is 17.7. The molecule has 0 saturated heterocycles. The summed E-state index contributed by atoms with van der Waals surface area (Å²) in [5.41, 5.74) is -0.131. The van der Waals surface area contributed by atoms with Gasteiger partial charge in [-0.1, -0.05) is 6.07 Å². The van der Waals surface area contributed by atoms with Crippen molar-refractivity contribution in [3.8, 4) is 23.0 Å². The van der Waals surface area contributed by atoms with Crippen LogP contribution in [0.3, 0.4) is 0 Å². The molecule has 0 radical (unpaired) electrons. The van der Waals surface area contributed by atoms with Gasteiger partial charge in [-0.3, -0.25) is 4.79 Å². The number of rotatable bonds is 5. The molecule has 0 bridgehead atoms. The van der Waals surface area contributed by atoms with E-state index in [2.05, 4.69) is 25.3 Å². The van der Waals surface area contributed by atoms with Gasteiger partial charge in [0.1, 0.15) is 17.9 Å². The molecule has 5 rings (SSSR count). The zero-order valence-corrected chi connectivity index (χ0v) is 19.3. The summed E-state index contributed by atoms with van der Waals surface area (Å²) in [5.74, 6) is -0.823. The van der Waals surface area contributed by atoms with Gasteiger partial charge < -0.3 is 15.0 Å². The Kier molecular flexibility index (Phi) is 6.15. The Bertz CT molecular complexity index is 1490. The summed E-state index contributed by atoms with van der Waals surface area (Å²) in [6.45, 7) is 0.123. The number of benzene rings is 2. The highest BCUT2D eigenvalue weighted by atomic mass is 19.4. The molecule has 0 saturated carbocycles. The third kappa shape index (κ3) is 4.77. The molecular weight excluding hydrogens is 492 g/mol. The van der Waals surface area contributed by atoms with Crippen LogP contribution in [0.25, 0.3) is 11.4 Å². The van der Waals surface area contributed by atoms with Crippen molar-refractivity contribution in [2.24, 2.45) is 0 Å². The highest BCUT2D eigenvalue weighted by Crippen LogP contribution is 2.37. The van der Waals surface area contributed by atoms with Crippen LogP contribution in [-0.4, -0.2) is 39.4 Å². The van der Waals surface area contributed by atoms with Crippen molar-refractivity contribution in [1.29, 1.82) is 0 Å². The van der Waals surface area contributed by atoms with Crippen LogP contribution < -0.4 is 15.0 Å². The highest BCUT2D eigenvalue weighted by molar-refractivity contribution is 6.07. The van der Waals surface area contributed by atoms with E-state index in [0.29, 0.717) is 23.5 Å². The Morgan fingerprint density at radius 3 is 2.70 bits per heavy atom. The number of carbonyl (C=O) groups excluding carboxylic acids is 1. The largest absolute Gasteiger partial charge is 0.438 e. The molecule has 0 unspecified atom stereocenters. The molecule has 0 aliphatic carbocycles. The van der Waals surface area contributed by atoms with Gasteiger partial charge in [0.2, 0.25) is 11.8 Å². The first-order valence-corrected chi connectivity index (χ1v) is 11.1. The van der Waals surface area contributed by atoms with Gasteiger partial charge in [0, 0.05) is 25.5 Å². The number of nitrogens with zero attached hydrogens (tertiary/aromatic N) is 5. The lowest BCUT2D eigenvalue weighted by atomic mass is 10.1. The van der Waals surface area contributed by atoms with Crippen molar-refractivity contribution in [1.82, 2.24) is 19.9 Å². The van der Waals surface area contributed by atoms with E-state index in [-0.39, 0.29) is 35.2 Å². The lowest BCUT2D eigenvalue weighted by Gasteiger charge is -2.19. The second-order valence-electron chi connectivity index (χ2n) is 8.03. The van der Waals surface area contributed by atoms with Crippen LogP contribution in [0.1, 0.15) is 21.5 Å². The normalized spacial score (nSPS) is 12.8. The lowest BCUT2D eigenvalue weighted by molar-refractivity contribution is -0.137. The van der Waals surface area contributed by atoms with Crippen molar-refractivity contribution >= 4 is 17.5 Å². The van der Waals surface area contributed by atoms with Gasteiger partial charge in [-0.05, 0) is 54.4 Å². The molecule has 1 aliphatic rings. The number of anilines is 2. The second-order valence-corrected chi connectivity index (χ2v) is 8.03. The maximum Gasteiger partial charge on any atom is 0.416 e. The Morgan fingerprint density at radius 2 is 1.92 bits per heavy atom. The number of aromatic nitrogens is 4. The molecule has 2 aromatic heterocycles. The molecule has 12 heteroatoms. The molecule has 0 fully saturated rings. The highest BCUT2D eigenvalue weighted by Gasteiger charge is 2.34. The smallest absolute Gasteiger partial charge is 0.416 e. The summed E-state index contributed by atoms with van der Waals surface area (Å²) in [6, 6.07) is 10.1. The number of hydrogen-bond donors (Lipinski definition) is 1. The van der Waals surface area contributed by atoms with Crippen LogP contribution in [0.5, 0.6) is 11.6 Å². The summed E-state index contributed by atoms with van der Waals surface area (Å²) in [5, 5.41) is 2.81. The minimum Gasteiger partial charge on any atom is -0.438 e. The van der Waals surface area contributed by atoms with Gasteiger partial charge in [-0.15, -0.1) is 0 Å². The number of nitrogens with one attached hydrogen (secondary N) is 1. The summed E-state index contributed by atoms with van der Waals surface area (Å²) >= 11 is 0. The molecule has 4 aromatic rings. The number of amides is 1. The van der Waals surface area contributed by atoms with Crippen molar-refractivity contribution in [2.75, 3.05) is 23.8 Å². The van der Waals surface area contributed by atoms with E-state index < -0.39 is 23.5 Å². The van der Waals surface area contributed by atoms with E-state index in [1.165, 1.54) is 30.7 Å². The topological polar surface area (TPSA) is 93.1 Å². The average Bonchev–Trinajstić information content (AvgIpc) is 3.33. The molecule has 8 nitrogen and oxygen atoms in total. The van der Waals surface area contributed by atoms with E-state index in [1.54, 1.807) is 19.2 Å². The van der Waals surface area contributed by atoms with Crippen molar-refractivity contribution in [2.45, 2.75) is 12.6 Å². The van der Waals surface area contributed by atoms with Gasteiger partial charge in [-0.25, -0.2) is 19.3 Å². The maximum absolute atomic E-state index is 14.8. The molecule has 1 N–H and O–H groups in total. The Morgan fingerprint density at radius 1 is 1.08 bits per heavy atom.